The normalized spacial score (nSPS) is 16.8. The fourth-order valence-corrected chi connectivity index (χ4v) is 3.04. The van der Waals surface area contributed by atoms with Gasteiger partial charge in [0.05, 0.1) is 10.7 Å². The van der Waals surface area contributed by atoms with E-state index in [0.29, 0.717) is 11.3 Å². The van der Waals surface area contributed by atoms with Crippen LogP contribution >= 0.6 is 11.3 Å². The molecule has 4 heteroatoms. The Morgan fingerprint density at radius 2 is 2.11 bits per heavy atom. The molecule has 0 unspecified atom stereocenters. The molecular formula is C14H14FNOS. The van der Waals surface area contributed by atoms with Crippen molar-refractivity contribution in [3.8, 4) is 11.3 Å². The second kappa shape index (κ2) is 4.44. The van der Waals surface area contributed by atoms with Crippen LogP contribution in [0.4, 0.5) is 4.39 Å². The van der Waals surface area contributed by atoms with Crippen molar-refractivity contribution >= 4 is 11.3 Å². The van der Waals surface area contributed by atoms with Gasteiger partial charge in [-0.15, -0.1) is 11.3 Å². The summed E-state index contributed by atoms with van der Waals surface area (Å²) < 4.78 is 13.6. The Hall–Kier alpha value is -1.26. The number of halogens is 1. The van der Waals surface area contributed by atoms with Crippen molar-refractivity contribution in [3.63, 3.8) is 0 Å². The van der Waals surface area contributed by atoms with Gasteiger partial charge >= 0.3 is 0 Å². The molecule has 94 valence electrons. The summed E-state index contributed by atoms with van der Waals surface area (Å²) in [7, 11) is 0. The maximum absolute atomic E-state index is 13.6. The lowest BCUT2D eigenvalue weighted by molar-refractivity contribution is 0.211. The zero-order valence-electron chi connectivity index (χ0n) is 9.90. The van der Waals surface area contributed by atoms with Gasteiger partial charge in [-0.2, -0.15) is 0 Å². The van der Waals surface area contributed by atoms with E-state index in [1.54, 1.807) is 23.5 Å². The minimum absolute atomic E-state index is 0.0599. The first-order valence-corrected chi connectivity index (χ1v) is 6.91. The van der Waals surface area contributed by atoms with E-state index >= 15 is 0 Å². The van der Waals surface area contributed by atoms with Gasteiger partial charge in [0.15, 0.2) is 0 Å². The van der Waals surface area contributed by atoms with E-state index in [1.807, 2.05) is 11.4 Å². The Morgan fingerprint density at radius 1 is 1.33 bits per heavy atom. The van der Waals surface area contributed by atoms with Crippen LogP contribution in [0, 0.1) is 11.2 Å². The molecule has 3 rings (SSSR count). The zero-order valence-corrected chi connectivity index (χ0v) is 10.7. The molecule has 1 N–H and O–H groups in total. The average Bonchev–Trinajstić information content (AvgIpc) is 3.00. The highest BCUT2D eigenvalue weighted by atomic mass is 32.1. The summed E-state index contributed by atoms with van der Waals surface area (Å²) in [5.74, 6) is -0.238. The highest BCUT2D eigenvalue weighted by molar-refractivity contribution is 7.09. The second-order valence-corrected chi connectivity index (χ2v) is 5.88. The number of rotatable bonds is 4. The summed E-state index contributed by atoms with van der Waals surface area (Å²) in [5, 5.41) is 12.2. The Morgan fingerprint density at radius 3 is 2.78 bits per heavy atom. The number of hydrogen-bond acceptors (Lipinski definition) is 3. The van der Waals surface area contributed by atoms with Gasteiger partial charge in [-0.05, 0) is 30.4 Å². The van der Waals surface area contributed by atoms with Gasteiger partial charge in [0, 0.05) is 24.0 Å². The molecule has 0 atom stereocenters. The molecule has 1 heterocycles. The molecule has 18 heavy (non-hydrogen) atoms. The maximum atomic E-state index is 13.6. The molecule has 0 radical (unpaired) electrons. The first-order valence-electron chi connectivity index (χ1n) is 6.03. The van der Waals surface area contributed by atoms with Gasteiger partial charge in [0.1, 0.15) is 5.82 Å². The summed E-state index contributed by atoms with van der Waals surface area (Å²) in [6.07, 6.45) is 2.94. The Balaban J connectivity index is 1.84. The van der Waals surface area contributed by atoms with Crippen molar-refractivity contribution < 1.29 is 9.50 Å². The topological polar surface area (TPSA) is 33.1 Å². The molecule has 2 aromatic rings. The SMILES string of the molecule is OCC1(Cc2nc(-c3ccccc3F)cs2)CC1. The van der Waals surface area contributed by atoms with Gasteiger partial charge < -0.3 is 5.11 Å². The molecule has 1 aliphatic carbocycles. The van der Waals surface area contributed by atoms with Crippen molar-refractivity contribution in [2.75, 3.05) is 6.61 Å². The third-order valence-electron chi connectivity index (χ3n) is 3.52. The first kappa shape index (κ1) is 11.8. The van der Waals surface area contributed by atoms with Crippen molar-refractivity contribution in [3.05, 3.63) is 40.5 Å². The molecule has 1 saturated carbocycles. The Bertz CT molecular complexity index is 562. The number of benzene rings is 1. The fraction of sp³-hybridized carbons (Fsp3) is 0.357. The lowest BCUT2D eigenvalue weighted by atomic mass is 10.1. The van der Waals surface area contributed by atoms with Crippen LogP contribution in [0.1, 0.15) is 17.8 Å². The molecule has 0 spiro atoms. The van der Waals surface area contributed by atoms with Gasteiger partial charge in [-0.25, -0.2) is 9.37 Å². The Labute approximate surface area is 109 Å². The molecule has 0 amide bonds. The summed E-state index contributed by atoms with van der Waals surface area (Å²) in [6.45, 7) is 0.224. The van der Waals surface area contributed by atoms with E-state index in [9.17, 15) is 9.50 Å². The van der Waals surface area contributed by atoms with Crippen LogP contribution in [0.15, 0.2) is 29.6 Å². The molecule has 1 aromatic carbocycles. The van der Waals surface area contributed by atoms with Gasteiger partial charge in [-0.1, -0.05) is 12.1 Å². The number of aliphatic hydroxyl groups is 1. The highest BCUT2D eigenvalue weighted by Gasteiger charge is 2.42. The quantitative estimate of drug-likeness (QED) is 0.918. The number of hydrogen-bond donors (Lipinski definition) is 1. The van der Waals surface area contributed by atoms with Gasteiger partial charge in [0.2, 0.25) is 0 Å². The monoisotopic (exact) mass is 263 g/mol. The zero-order chi connectivity index (χ0) is 12.6. The predicted octanol–water partition coefficient (Wildman–Crippen LogP) is 3.26. The molecule has 0 bridgehead atoms. The average molecular weight is 263 g/mol. The third kappa shape index (κ3) is 2.18. The van der Waals surface area contributed by atoms with E-state index < -0.39 is 0 Å². The summed E-state index contributed by atoms with van der Waals surface area (Å²) in [4.78, 5) is 4.48. The smallest absolute Gasteiger partial charge is 0.132 e. The van der Waals surface area contributed by atoms with Crippen LogP contribution < -0.4 is 0 Å². The Kier molecular flexibility index (Phi) is 2.92. The van der Waals surface area contributed by atoms with E-state index in [2.05, 4.69) is 4.98 Å². The van der Waals surface area contributed by atoms with Crippen LogP contribution in [0.3, 0.4) is 0 Å². The predicted molar refractivity (Wildman–Crippen MR) is 70.0 cm³/mol. The van der Waals surface area contributed by atoms with Crippen LogP contribution in [0.2, 0.25) is 0 Å². The number of thiazole rings is 1. The van der Waals surface area contributed by atoms with E-state index in [-0.39, 0.29) is 17.8 Å². The first-order chi connectivity index (χ1) is 8.72. The largest absolute Gasteiger partial charge is 0.396 e. The van der Waals surface area contributed by atoms with Gasteiger partial charge in [0.25, 0.3) is 0 Å². The summed E-state index contributed by atoms with van der Waals surface area (Å²) in [5.41, 5.74) is 1.31. The third-order valence-corrected chi connectivity index (χ3v) is 4.37. The standard InChI is InChI=1S/C14H14FNOS/c15-11-4-2-1-3-10(11)12-8-18-13(16-12)7-14(9-17)5-6-14/h1-4,8,17H,5-7,9H2. The minimum Gasteiger partial charge on any atom is -0.396 e. The summed E-state index contributed by atoms with van der Waals surface area (Å²) in [6, 6.07) is 6.68. The van der Waals surface area contributed by atoms with Crippen molar-refractivity contribution in [1.82, 2.24) is 4.98 Å². The van der Waals surface area contributed by atoms with E-state index in [0.717, 1.165) is 24.3 Å². The molecular weight excluding hydrogens is 249 g/mol. The molecule has 0 saturated heterocycles. The van der Waals surface area contributed by atoms with E-state index in [4.69, 9.17) is 0 Å². The van der Waals surface area contributed by atoms with Gasteiger partial charge in [-0.3, -0.25) is 0 Å². The minimum atomic E-state index is -0.238. The lowest BCUT2D eigenvalue weighted by Gasteiger charge is -2.07. The van der Waals surface area contributed by atoms with Crippen LogP contribution in [0.5, 0.6) is 0 Å². The van der Waals surface area contributed by atoms with Crippen LogP contribution in [0.25, 0.3) is 11.3 Å². The van der Waals surface area contributed by atoms with Crippen molar-refractivity contribution in [2.24, 2.45) is 5.41 Å². The number of aliphatic hydroxyl groups excluding tert-OH is 1. The van der Waals surface area contributed by atoms with E-state index in [1.165, 1.54) is 6.07 Å². The molecule has 0 aliphatic heterocycles. The molecule has 1 fully saturated rings. The molecule has 1 aliphatic rings. The number of nitrogens with zero attached hydrogens (tertiary/aromatic N) is 1. The summed E-state index contributed by atoms with van der Waals surface area (Å²) >= 11 is 1.55. The lowest BCUT2D eigenvalue weighted by Crippen LogP contribution is -2.09. The van der Waals surface area contributed by atoms with Crippen LogP contribution in [-0.4, -0.2) is 16.7 Å². The fourth-order valence-electron chi connectivity index (χ4n) is 2.07. The van der Waals surface area contributed by atoms with Crippen LogP contribution in [-0.2, 0) is 6.42 Å². The van der Waals surface area contributed by atoms with Crippen molar-refractivity contribution in [1.29, 1.82) is 0 Å². The molecule has 1 aromatic heterocycles. The second-order valence-electron chi connectivity index (χ2n) is 4.94. The highest BCUT2D eigenvalue weighted by Crippen LogP contribution is 2.48. The number of aromatic nitrogens is 1. The molecule has 2 nitrogen and oxygen atoms in total. The van der Waals surface area contributed by atoms with Crippen molar-refractivity contribution in [2.45, 2.75) is 19.3 Å². The maximum Gasteiger partial charge on any atom is 0.132 e.